The number of para-hydroxylation sites is 1. The zero-order valence-corrected chi connectivity index (χ0v) is 16.8. The summed E-state index contributed by atoms with van der Waals surface area (Å²) < 4.78 is 30.1. The largest absolute Gasteiger partial charge is 0.376 e. The lowest BCUT2D eigenvalue weighted by Gasteiger charge is -2.14. The first-order chi connectivity index (χ1) is 14.0. The SMILES string of the molecule is O=C(CCS(=O)(=O)c1ccccc1)Nc1ccccc1C(=O)NC[C@H]1CCCO1. The third-order valence-corrected chi connectivity index (χ3v) is 6.39. The molecule has 1 aliphatic rings. The van der Waals surface area contributed by atoms with Crippen LogP contribution in [0.2, 0.25) is 0 Å². The van der Waals surface area contributed by atoms with Crippen LogP contribution in [0.25, 0.3) is 0 Å². The summed E-state index contributed by atoms with van der Waals surface area (Å²) in [5.74, 6) is -1.09. The maximum Gasteiger partial charge on any atom is 0.253 e. The molecule has 29 heavy (non-hydrogen) atoms. The maximum absolute atomic E-state index is 12.5. The summed E-state index contributed by atoms with van der Waals surface area (Å²) in [6.45, 7) is 1.12. The van der Waals surface area contributed by atoms with Crippen molar-refractivity contribution >= 4 is 27.3 Å². The predicted molar refractivity (Wildman–Crippen MR) is 109 cm³/mol. The number of amides is 2. The molecule has 1 aliphatic heterocycles. The number of benzene rings is 2. The van der Waals surface area contributed by atoms with Gasteiger partial charge in [-0.1, -0.05) is 30.3 Å². The van der Waals surface area contributed by atoms with Gasteiger partial charge in [-0.25, -0.2) is 8.42 Å². The minimum atomic E-state index is -3.55. The van der Waals surface area contributed by atoms with Crippen LogP contribution in [-0.2, 0) is 19.4 Å². The van der Waals surface area contributed by atoms with Crippen LogP contribution in [0.15, 0.2) is 59.5 Å². The Bertz CT molecular complexity index is 954. The summed E-state index contributed by atoms with van der Waals surface area (Å²) in [5.41, 5.74) is 0.671. The lowest BCUT2D eigenvalue weighted by atomic mass is 10.1. The molecule has 0 aliphatic carbocycles. The van der Waals surface area contributed by atoms with Gasteiger partial charge >= 0.3 is 0 Å². The third kappa shape index (κ3) is 5.88. The molecule has 0 bridgehead atoms. The van der Waals surface area contributed by atoms with Gasteiger partial charge < -0.3 is 15.4 Å². The van der Waals surface area contributed by atoms with Crippen LogP contribution in [0, 0.1) is 0 Å². The Kier molecular flexibility index (Phi) is 7.00. The summed E-state index contributed by atoms with van der Waals surface area (Å²) in [6.07, 6.45) is 1.71. The molecule has 0 saturated carbocycles. The molecule has 1 atom stereocenters. The Labute approximate surface area is 170 Å². The van der Waals surface area contributed by atoms with E-state index in [2.05, 4.69) is 10.6 Å². The van der Waals surface area contributed by atoms with Gasteiger partial charge in [0.25, 0.3) is 5.91 Å². The second-order valence-corrected chi connectivity index (χ2v) is 8.93. The fourth-order valence-electron chi connectivity index (χ4n) is 3.08. The molecule has 0 aromatic heterocycles. The Morgan fingerprint density at radius 2 is 1.76 bits per heavy atom. The average Bonchev–Trinajstić information content (AvgIpc) is 3.25. The topological polar surface area (TPSA) is 102 Å². The number of carbonyl (C=O) groups is 2. The van der Waals surface area contributed by atoms with Crippen molar-refractivity contribution in [3.63, 3.8) is 0 Å². The second-order valence-electron chi connectivity index (χ2n) is 6.82. The van der Waals surface area contributed by atoms with Gasteiger partial charge in [-0.15, -0.1) is 0 Å². The highest BCUT2D eigenvalue weighted by Crippen LogP contribution is 2.17. The third-order valence-electron chi connectivity index (χ3n) is 4.66. The van der Waals surface area contributed by atoms with Crippen molar-refractivity contribution < 1.29 is 22.7 Å². The zero-order chi connectivity index (χ0) is 20.7. The van der Waals surface area contributed by atoms with Crippen molar-refractivity contribution in [3.05, 3.63) is 60.2 Å². The van der Waals surface area contributed by atoms with Crippen molar-refractivity contribution in [2.75, 3.05) is 24.2 Å². The molecule has 1 heterocycles. The van der Waals surface area contributed by atoms with Crippen LogP contribution in [0.5, 0.6) is 0 Å². The van der Waals surface area contributed by atoms with Gasteiger partial charge in [-0.3, -0.25) is 9.59 Å². The van der Waals surface area contributed by atoms with Crippen LogP contribution in [0.4, 0.5) is 5.69 Å². The van der Waals surface area contributed by atoms with Crippen molar-refractivity contribution in [1.82, 2.24) is 5.32 Å². The average molecular weight is 416 g/mol. The number of rotatable bonds is 8. The van der Waals surface area contributed by atoms with E-state index in [0.717, 1.165) is 12.8 Å². The molecule has 1 fully saturated rings. The van der Waals surface area contributed by atoms with E-state index in [0.29, 0.717) is 24.4 Å². The van der Waals surface area contributed by atoms with E-state index in [4.69, 9.17) is 4.74 Å². The highest BCUT2D eigenvalue weighted by atomic mass is 32.2. The van der Waals surface area contributed by atoms with Gasteiger partial charge in [-0.05, 0) is 37.1 Å². The first kappa shape index (κ1) is 21.0. The standard InChI is InChI=1S/C21H24N2O5S/c24-20(12-14-29(26,27)17-8-2-1-3-9-17)23-19-11-5-4-10-18(19)21(25)22-15-16-7-6-13-28-16/h1-5,8-11,16H,6-7,12-15H2,(H,22,25)(H,23,24)/t16-/m1/s1. The van der Waals surface area contributed by atoms with Crippen LogP contribution < -0.4 is 10.6 Å². The molecule has 1 saturated heterocycles. The number of carbonyl (C=O) groups excluding carboxylic acids is 2. The van der Waals surface area contributed by atoms with Crippen LogP contribution >= 0.6 is 0 Å². The Balaban J connectivity index is 1.58. The Morgan fingerprint density at radius 3 is 2.48 bits per heavy atom. The van der Waals surface area contributed by atoms with Gasteiger partial charge in [0, 0.05) is 19.6 Å². The van der Waals surface area contributed by atoms with E-state index in [9.17, 15) is 18.0 Å². The van der Waals surface area contributed by atoms with Crippen molar-refractivity contribution in [3.8, 4) is 0 Å². The minimum Gasteiger partial charge on any atom is -0.376 e. The fourth-order valence-corrected chi connectivity index (χ4v) is 4.34. The summed E-state index contributed by atoms with van der Waals surface area (Å²) in [4.78, 5) is 25.0. The van der Waals surface area contributed by atoms with Crippen molar-refractivity contribution in [2.45, 2.75) is 30.3 Å². The molecule has 154 valence electrons. The number of ether oxygens (including phenoxy) is 1. The van der Waals surface area contributed by atoms with E-state index in [1.165, 1.54) is 12.1 Å². The molecule has 2 amide bonds. The first-order valence-electron chi connectivity index (χ1n) is 9.52. The monoisotopic (exact) mass is 416 g/mol. The second kappa shape index (κ2) is 9.67. The highest BCUT2D eigenvalue weighted by Gasteiger charge is 2.20. The predicted octanol–water partition coefficient (Wildman–Crippen LogP) is 2.40. The number of hydrogen-bond acceptors (Lipinski definition) is 5. The van der Waals surface area contributed by atoms with E-state index < -0.39 is 15.7 Å². The van der Waals surface area contributed by atoms with Crippen molar-refractivity contribution in [2.24, 2.45) is 0 Å². The van der Waals surface area contributed by atoms with Crippen LogP contribution in [-0.4, -0.2) is 45.2 Å². The van der Waals surface area contributed by atoms with Crippen molar-refractivity contribution in [1.29, 1.82) is 0 Å². The molecule has 2 N–H and O–H groups in total. The van der Waals surface area contributed by atoms with Crippen LogP contribution in [0.1, 0.15) is 29.6 Å². The van der Waals surface area contributed by atoms with Gasteiger partial charge in [0.15, 0.2) is 9.84 Å². The molecule has 7 nitrogen and oxygen atoms in total. The van der Waals surface area contributed by atoms with E-state index in [1.54, 1.807) is 42.5 Å². The summed E-state index contributed by atoms with van der Waals surface area (Å²) >= 11 is 0. The van der Waals surface area contributed by atoms with Gasteiger partial charge in [0.1, 0.15) is 0 Å². The maximum atomic E-state index is 12.5. The zero-order valence-electron chi connectivity index (χ0n) is 16.0. The molecular weight excluding hydrogens is 392 g/mol. The minimum absolute atomic E-state index is 0.0175. The highest BCUT2D eigenvalue weighted by molar-refractivity contribution is 7.91. The summed E-state index contributed by atoms with van der Waals surface area (Å²) in [7, 11) is -3.55. The molecule has 2 aromatic carbocycles. The number of anilines is 1. The fraction of sp³-hybridized carbons (Fsp3) is 0.333. The van der Waals surface area contributed by atoms with Gasteiger partial charge in [-0.2, -0.15) is 0 Å². The smallest absolute Gasteiger partial charge is 0.253 e. The van der Waals surface area contributed by atoms with E-state index in [-0.39, 0.29) is 29.1 Å². The first-order valence-corrected chi connectivity index (χ1v) is 11.2. The molecule has 8 heteroatoms. The normalized spacial score (nSPS) is 16.3. The number of hydrogen-bond donors (Lipinski definition) is 2. The number of nitrogens with one attached hydrogen (secondary N) is 2. The molecule has 0 unspecified atom stereocenters. The lowest BCUT2D eigenvalue weighted by Crippen LogP contribution is -2.32. The summed E-state index contributed by atoms with van der Waals surface area (Å²) in [5, 5.41) is 5.47. The van der Waals surface area contributed by atoms with Gasteiger partial charge in [0.05, 0.1) is 28.0 Å². The van der Waals surface area contributed by atoms with Gasteiger partial charge in [0.2, 0.25) is 5.91 Å². The number of sulfone groups is 1. The van der Waals surface area contributed by atoms with E-state index in [1.807, 2.05) is 0 Å². The lowest BCUT2D eigenvalue weighted by molar-refractivity contribution is -0.115. The molecular formula is C21H24N2O5S. The summed E-state index contributed by atoms with van der Waals surface area (Å²) in [6, 6.07) is 14.6. The molecule has 3 rings (SSSR count). The van der Waals surface area contributed by atoms with Crippen LogP contribution in [0.3, 0.4) is 0 Å². The molecule has 0 spiro atoms. The molecule has 2 aromatic rings. The van der Waals surface area contributed by atoms with E-state index >= 15 is 0 Å². The molecule has 0 radical (unpaired) electrons. The Hall–Kier alpha value is -2.71. The quantitative estimate of drug-likeness (QED) is 0.688. The Morgan fingerprint density at radius 1 is 1.03 bits per heavy atom.